The van der Waals surface area contributed by atoms with E-state index in [2.05, 4.69) is 0 Å². The Kier molecular flexibility index (Phi) is 3.06. The number of benzene rings is 3. The van der Waals surface area contributed by atoms with Gasteiger partial charge >= 0.3 is 0 Å². The lowest BCUT2D eigenvalue weighted by molar-refractivity contribution is 0.430. The van der Waals surface area contributed by atoms with Crippen molar-refractivity contribution < 1.29 is 22.7 Å². The van der Waals surface area contributed by atoms with Gasteiger partial charge in [-0.15, -0.1) is 0 Å². The topological polar surface area (TPSA) is 33.4 Å². The van der Waals surface area contributed by atoms with Gasteiger partial charge in [0.25, 0.3) is 0 Å². The van der Waals surface area contributed by atoms with E-state index in [1.807, 2.05) is 0 Å². The summed E-state index contributed by atoms with van der Waals surface area (Å²) in [5.74, 6) is -2.85. The lowest BCUT2D eigenvalue weighted by Crippen LogP contribution is -1.90. The van der Waals surface area contributed by atoms with Gasteiger partial charge in [0.2, 0.25) is 5.82 Å². The fourth-order valence-corrected chi connectivity index (χ4v) is 2.87. The maximum atomic E-state index is 14.9. The molecule has 0 fully saturated rings. The van der Waals surface area contributed by atoms with Gasteiger partial charge in [-0.3, -0.25) is 0 Å². The van der Waals surface area contributed by atoms with Gasteiger partial charge in [-0.1, -0.05) is 18.2 Å². The van der Waals surface area contributed by atoms with Crippen molar-refractivity contribution in [2.24, 2.45) is 0 Å². The number of aryl methyl sites for hydroxylation is 1. The minimum atomic E-state index is -0.953. The number of fused-ring (bicyclic) bond motifs is 3. The summed E-state index contributed by atoms with van der Waals surface area (Å²) in [6.07, 6.45) is 0. The Labute approximate surface area is 134 Å². The predicted octanol–water partition coefficient (Wildman–Crippen LogP) is 5.68. The van der Waals surface area contributed by atoms with Crippen LogP contribution in [0.25, 0.3) is 33.1 Å². The quantitative estimate of drug-likeness (QED) is 0.487. The standard InChI is InChI=1S/C19H11F3O2/c1-9-2-3-10(14(20)8-9)11-4-5-12-13-6-7-15(23)17(22)19(13)24-18(12)16(11)21/h2-8,23H,1H3. The van der Waals surface area contributed by atoms with E-state index in [9.17, 15) is 18.3 Å². The second-order valence-corrected chi connectivity index (χ2v) is 5.66. The molecule has 0 saturated carbocycles. The van der Waals surface area contributed by atoms with Gasteiger partial charge < -0.3 is 9.52 Å². The molecule has 0 aliphatic rings. The molecule has 0 bridgehead atoms. The highest BCUT2D eigenvalue weighted by molar-refractivity contribution is 6.06. The van der Waals surface area contributed by atoms with Gasteiger partial charge in [-0.2, -0.15) is 4.39 Å². The van der Waals surface area contributed by atoms with Crippen molar-refractivity contribution in [3.63, 3.8) is 0 Å². The zero-order chi connectivity index (χ0) is 17.0. The molecule has 0 radical (unpaired) electrons. The van der Waals surface area contributed by atoms with Crippen LogP contribution in [0, 0.1) is 24.4 Å². The van der Waals surface area contributed by atoms with Gasteiger partial charge in [0.05, 0.1) is 0 Å². The first-order valence-electron chi connectivity index (χ1n) is 7.26. The van der Waals surface area contributed by atoms with Crippen molar-refractivity contribution >= 4 is 21.9 Å². The Morgan fingerprint density at radius 3 is 2.12 bits per heavy atom. The van der Waals surface area contributed by atoms with E-state index in [0.717, 1.165) is 5.56 Å². The van der Waals surface area contributed by atoms with Crippen molar-refractivity contribution in [2.75, 3.05) is 0 Å². The number of halogens is 3. The molecule has 4 rings (SSSR count). The third-order valence-corrected chi connectivity index (χ3v) is 4.08. The van der Waals surface area contributed by atoms with E-state index >= 15 is 0 Å². The average Bonchev–Trinajstić information content (AvgIpc) is 2.93. The van der Waals surface area contributed by atoms with Crippen molar-refractivity contribution in [2.45, 2.75) is 6.92 Å². The van der Waals surface area contributed by atoms with Gasteiger partial charge in [0.1, 0.15) is 5.82 Å². The van der Waals surface area contributed by atoms with Crippen molar-refractivity contribution in [1.82, 2.24) is 0 Å². The second-order valence-electron chi connectivity index (χ2n) is 5.66. The molecule has 0 aliphatic heterocycles. The van der Waals surface area contributed by atoms with Gasteiger partial charge in [0, 0.05) is 21.9 Å². The molecule has 0 unspecified atom stereocenters. The highest BCUT2D eigenvalue weighted by Crippen LogP contribution is 2.38. The molecule has 1 heterocycles. The third kappa shape index (κ3) is 1.98. The predicted molar refractivity (Wildman–Crippen MR) is 85.4 cm³/mol. The van der Waals surface area contributed by atoms with Crippen LogP contribution in [0.2, 0.25) is 0 Å². The van der Waals surface area contributed by atoms with E-state index in [1.165, 1.54) is 30.3 Å². The maximum Gasteiger partial charge on any atom is 0.207 e. The molecular weight excluding hydrogens is 317 g/mol. The summed E-state index contributed by atoms with van der Waals surface area (Å²) in [6, 6.07) is 10.1. The summed E-state index contributed by atoms with van der Waals surface area (Å²) < 4.78 is 48.3. The Balaban J connectivity index is 2.05. The van der Waals surface area contributed by atoms with E-state index in [4.69, 9.17) is 4.42 Å². The SMILES string of the molecule is Cc1ccc(-c2ccc3c(oc4c(F)c(O)ccc43)c2F)c(F)c1. The van der Waals surface area contributed by atoms with Crippen LogP contribution in [-0.2, 0) is 0 Å². The molecule has 1 aromatic heterocycles. The smallest absolute Gasteiger partial charge is 0.207 e. The molecule has 0 spiro atoms. The van der Waals surface area contributed by atoms with Crippen molar-refractivity contribution in [3.05, 3.63) is 65.5 Å². The van der Waals surface area contributed by atoms with E-state index in [1.54, 1.807) is 19.1 Å². The lowest BCUT2D eigenvalue weighted by atomic mass is 10.0. The molecule has 2 nitrogen and oxygen atoms in total. The summed E-state index contributed by atoms with van der Waals surface area (Å²) in [5.41, 5.74) is 0.448. The number of phenols is 1. The molecule has 3 aromatic carbocycles. The summed E-state index contributed by atoms with van der Waals surface area (Å²) in [4.78, 5) is 0. The summed E-state index contributed by atoms with van der Waals surface area (Å²) >= 11 is 0. The second kappa shape index (κ2) is 5.03. The molecule has 24 heavy (non-hydrogen) atoms. The fourth-order valence-electron chi connectivity index (χ4n) is 2.87. The molecule has 1 N–H and O–H groups in total. The largest absolute Gasteiger partial charge is 0.505 e. The number of aromatic hydroxyl groups is 1. The molecule has 0 saturated heterocycles. The number of rotatable bonds is 1. The summed E-state index contributed by atoms with van der Waals surface area (Å²) in [7, 11) is 0. The Bertz CT molecular complexity index is 1110. The fraction of sp³-hybridized carbons (Fsp3) is 0.0526. The molecule has 5 heteroatoms. The van der Waals surface area contributed by atoms with E-state index in [0.29, 0.717) is 10.8 Å². The van der Waals surface area contributed by atoms with Gasteiger partial charge in [0.15, 0.2) is 22.7 Å². The van der Waals surface area contributed by atoms with Crippen LogP contribution in [0.3, 0.4) is 0 Å². The Morgan fingerprint density at radius 2 is 1.42 bits per heavy atom. The van der Waals surface area contributed by atoms with Crippen LogP contribution < -0.4 is 0 Å². The monoisotopic (exact) mass is 328 g/mol. The summed E-state index contributed by atoms with van der Waals surface area (Å²) in [5, 5.41) is 10.1. The lowest BCUT2D eigenvalue weighted by Gasteiger charge is -2.06. The zero-order valence-corrected chi connectivity index (χ0v) is 12.5. The number of furan rings is 1. The summed E-state index contributed by atoms with van der Waals surface area (Å²) in [6.45, 7) is 1.74. The van der Waals surface area contributed by atoms with E-state index in [-0.39, 0.29) is 22.3 Å². The minimum Gasteiger partial charge on any atom is -0.505 e. The van der Waals surface area contributed by atoms with Crippen molar-refractivity contribution in [1.29, 1.82) is 0 Å². The molecule has 120 valence electrons. The van der Waals surface area contributed by atoms with Crippen molar-refractivity contribution in [3.8, 4) is 16.9 Å². The van der Waals surface area contributed by atoms with Crippen LogP contribution in [0.4, 0.5) is 13.2 Å². The van der Waals surface area contributed by atoms with Crippen LogP contribution in [0.1, 0.15) is 5.56 Å². The third-order valence-electron chi connectivity index (χ3n) is 4.08. The average molecular weight is 328 g/mol. The normalized spacial score (nSPS) is 11.5. The molecule has 0 aliphatic carbocycles. The first-order valence-corrected chi connectivity index (χ1v) is 7.26. The first kappa shape index (κ1) is 14.6. The Morgan fingerprint density at radius 1 is 0.792 bits per heavy atom. The number of phenolic OH excluding ortho intramolecular Hbond substituents is 1. The molecular formula is C19H11F3O2. The van der Waals surface area contributed by atoms with Gasteiger partial charge in [-0.05, 0) is 36.8 Å². The maximum absolute atomic E-state index is 14.9. The van der Waals surface area contributed by atoms with Crippen LogP contribution in [0.15, 0.2) is 46.9 Å². The molecule has 0 atom stereocenters. The highest BCUT2D eigenvalue weighted by atomic mass is 19.1. The molecule has 4 aromatic rings. The zero-order valence-electron chi connectivity index (χ0n) is 12.5. The number of hydrogen-bond acceptors (Lipinski definition) is 2. The van der Waals surface area contributed by atoms with Crippen LogP contribution >= 0.6 is 0 Å². The Hall–Kier alpha value is -2.95. The van der Waals surface area contributed by atoms with Gasteiger partial charge in [-0.25, -0.2) is 8.78 Å². The van der Waals surface area contributed by atoms with Crippen LogP contribution in [-0.4, -0.2) is 5.11 Å². The molecule has 0 amide bonds. The van der Waals surface area contributed by atoms with E-state index < -0.39 is 23.2 Å². The van der Waals surface area contributed by atoms with Crippen LogP contribution in [0.5, 0.6) is 5.75 Å². The minimum absolute atomic E-state index is 0.0312. The highest BCUT2D eigenvalue weighted by Gasteiger charge is 2.20. The first-order chi connectivity index (χ1) is 11.5. The number of hydrogen-bond donors (Lipinski definition) is 1.